The standard InChI is InChI=1S/C26H53N3/c1-2-3-4-5-6-7-8-9-10-11-12-13-14-15-16-17-18-19-20-21-26-28-23-25-29(26)24-22-27/h2-25,27H2,1H3. The van der Waals surface area contributed by atoms with Gasteiger partial charge in [0.15, 0.2) is 0 Å². The predicted octanol–water partition coefficient (Wildman–Crippen LogP) is 7.48. The Balaban J connectivity index is 1.71. The van der Waals surface area contributed by atoms with Gasteiger partial charge in [-0.25, -0.2) is 0 Å². The Bertz CT molecular complexity index is 367. The largest absolute Gasteiger partial charge is 0.357 e. The van der Waals surface area contributed by atoms with Crippen molar-refractivity contribution in [1.82, 2.24) is 4.90 Å². The second kappa shape index (κ2) is 20.7. The normalized spacial score (nSPS) is 14.0. The molecule has 0 aromatic carbocycles. The van der Waals surface area contributed by atoms with Gasteiger partial charge in [0.2, 0.25) is 0 Å². The van der Waals surface area contributed by atoms with Crippen LogP contribution in [0.15, 0.2) is 4.99 Å². The third kappa shape index (κ3) is 15.9. The van der Waals surface area contributed by atoms with E-state index < -0.39 is 0 Å². The lowest BCUT2D eigenvalue weighted by molar-refractivity contribution is 0.455. The van der Waals surface area contributed by atoms with E-state index in [1.165, 1.54) is 134 Å². The molecule has 1 heterocycles. The Labute approximate surface area is 183 Å². The lowest BCUT2D eigenvalue weighted by Crippen LogP contribution is -2.32. The summed E-state index contributed by atoms with van der Waals surface area (Å²) in [5.41, 5.74) is 5.68. The van der Waals surface area contributed by atoms with E-state index in [1.807, 2.05) is 0 Å². The van der Waals surface area contributed by atoms with Crippen LogP contribution in [0, 0.1) is 0 Å². The first-order valence-electron chi connectivity index (χ1n) is 13.4. The Morgan fingerprint density at radius 1 is 0.655 bits per heavy atom. The van der Waals surface area contributed by atoms with Crippen molar-refractivity contribution in [1.29, 1.82) is 0 Å². The molecule has 0 atom stereocenters. The van der Waals surface area contributed by atoms with Crippen LogP contribution in [0.4, 0.5) is 0 Å². The summed E-state index contributed by atoms with van der Waals surface area (Å²) >= 11 is 0. The molecule has 1 aliphatic heterocycles. The number of hydrogen-bond acceptors (Lipinski definition) is 3. The summed E-state index contributed by atoms with van der Waals surface area (Å²) in [6, 6.07) is 0. The molecule has 3 heteroatoms. The van der Waals surface area contributed by atoms with Crippen molar-refractivity contribution < 1.29 is 0 Å². The third-order valence-electron chi connectivity index (χ3n) is 6.43. The zero-order chi connectivity index (χ0) is 20.8. The highest BCUT2D eigenvalue weighted by Gasteiger charge is 2.14. The quantitative estimate of drug-likeness (QED) is 0.189. The molecule has 0 aliphatic carbocycles. The molecule has 0 aromatic heterocycles. The van der Waals surface area contributed by atoms with Gasteiger partial charge in [-0.15, -0.1) is 0 Å². The summed E-state index contributed by atoms with van der Waals surface area (Å²) in [5, 5.41) is 0. The number of rotatable bonds is 22. The van der Waals surface area contributed by atoms with Gasteiger partial charge in [0, 0.05) is 26.1 Å². The van der Waals surface area contributed by atoms with Gasteiger partial charge in [-0.3, -0.25) is 4.99 Å². The summed E-state index contributed by atoms with van der Waals surface area (Å²) in [6.07, 6.45) is 28.5. The highest BCUT2D eigenvalue weighted by molar-refractivity contribution is 5.83. The highest BCUT2D eigenvalue weighted by atomic mass is 15.2. The molecule has 1 rings (SSSR count). The van der Waals surface area contributed by atoms with Crippen molar-refractivity contribution in [3.63, 3.8) is 0 Å². The van der Waals surface area contributed by atoms with E-state index in [0.29, 0.717) is 0 Å². The van der Waals surface area contributed by atoms with E-state index in [2.05, 4.69) is 16.8 Å². The van der Waals surface area contributed by atoms with Crippen LogP contribution >= 0.6 is 0 Å². The van der Waals surface area contributed by atoms with Gasteiger partial charge in [-0.05, 0) is 6.42 Å². The molecule has 3 nitrogen and oxygen atoms in total. The molecular formula is C26H53N3. The van der Waals surface area contributed by atoms with E-state index in [-0.39, 0.29) is 0 Å². The number of nitrogens with two attached hydrogens (primary N) is 1. The van der Waals surface area contributed by atoms with Crippen LogP contribution in [-0.2, 0) is 0 Å². The molecule has 0 amide bonds. The van der Waals surface area contributed by atoms with Crippen molar-refractivity contribution in [2.45, 2.75) is 135 Å². The average molecular weight is 408 g/mol. The van der Waals surface area contributed by atoms with Crippen LogP contribution in [0.3, 0.4) is 0 Å². The molecule has 0 unspecified atom stereocenters. The zero-order valence-electron chi connectivity index (χ0n) is 19.9. The van der Waals surface area contributed by atoms with Crippen molar-refractivity contribution in [2.24, 2.45) is 10.7 Å². The summed E-state index contributed by atoms with van der Waals surface area (Å²) in [5.74, 6) is 1.32. The topological polar surface area (TPSA) is 41.6 Å². The van der Waals surface area contributed by atoms with Crippen molar-refractivity contribution in [3.05, 3.63) is 0 Å². The number of hydrogen-bond donors (Lipinski definition) is 1. The number of amidine groups is 1. The first-order chi connectivity index (χ1) is 14.4. The first-order valence-corrected chi connectivity index (χ1v) is 13.4. The molecule has 0 aromatic rings. The molecular weight excluding hydrogens is 354 g/mol. The molecule has 0 radical (unpaired) electrons. The Hall–Kier alpha value is -0.570. The predicted molar refractivity (Wildman–Crippen MR) is 131 cm³/mol. The molecule has 0 spiro atoms. The van der Waals surface area contributed by atoms with Gasteiger partial charge >= 0.3 is 0 Å². The Kier molecular flexibility index (Phi) is 18.9. The average Bonchev–Trinajstić information content (AvgIpc) is 3.17. The molecule has 172 valence electrons. The Morgan fingerprint density at radius 3 is 1.48 bits per heavy atom. The lowest BCUT2D eigenvalue weighted by atomic mass is 10.0. The van der Waals surface area contributed by atoms with Gasteiger partial charge in [-0.2, -0.15) is 0 Å². The van der Waals surface area contributed by atoms with Crippen LogP contribution in [-0.4, -0.2) is 36.9 Å². The van der Waals surface area contributed by atoms with Gasteiger partial charge in [0.05, 0.1) is 12.4 Å². The van der Waals surface area contributed by atoms with Crippen molar-refractivity contribution in [2.75, 3.05) is 26.2 Å². The maximum absolute atomic E-state index is 5.68. The first kappa shape index (κ1) is 26.5. The fourth-order valence-electron chi connectivity index (χ4n) is 4.52. The van der Waals surface area contributed by atoms with Crippen LogP contribution in [0.5, 0.6) is 0 Å². The molecule has 0 bridgehead atoms. The van der Waals surface area contributed by atoms with Crippen LogP contribution in [0.25, 0.3) is 0 Å². The summed E-state index contributed by atoms with van der Waals surface area (Å²) in [4.78, 5) is 7.02. The SMILES string of the molecule is CCCCCCCCCCCCCCCCCCCCCC1=NCCN1CCN. The summed E-state index contributed by atoms with van der Waals surface area (Å²) in [7, 11) is 0. The van der Waals surface area contributed by atoms with Crippen molar-refractivity contribution in [3.8, 4) is 0 Å². The van der Waals surface area contributed by atoms with Gasteiger partial charge < -0.3 is 10.6 Å². The van der Waals surface area contributed by atoms with Crippen molar-refractivity contribution >= 4 is 5.84 Å². The third-order valence-corrected chi connectivity index (χ3v) is 6.43. The molecule has 0 saturated heterocycles. The smallest absolute Gasteiger partial charge is 0.0990 e. The Morgan fingerprint density at radius 2 is 1.07 bits per heavy atom. The number of nitrogens with zero attached hydrogens (tertiary/aromatic N) is 2. The fraction of sp³-hybridized carbons (Fsp3) is 0.962. The summed E-state index contributed by atoms with van der Waals surface area (Å²) < 4.78 is 0. The molecule has 1 aliphatic rings. The molecule has 2 N–H and O–H groups in total. The lowest BCUT2D eigenvalue weighted by Gasteiger charge is -2.19. The minimum atomic E-state index is 0.748. The monoisotopic (exact) mass is 407 g/mol. The summed E-state index contributed by atoms with van der Waals surface area (Å²) in [6.45, 7) is 6.10. The molecule has 29 heavy (non-hydrogen) atoms. The number of aliphatic imine (C=N–C) groups is 1. The van der Waals surface area contributed by atoms with Gasteiger partial charge in [0.25, 0.3) is 0 Å². The van der Waals surface area contributed by atoms with Gasteiger partial charge in [0.1, 0.15) is 0 Å². The minimum absolute atomic E-state index is 0.748. The van der Waals surface area contributed by atoms with E-state index in [4.69, 9.17) is 5.73 Å². The zero-order valence-corrected chi connectivity index (χ0v) is 19.9. The van der Waals surface area contributed by atoms with Gasteiger partial charge in [-0.1, -0.05) is 122 Å². The van der Waals surface area contributed by atoms with E-state index in [1.54, 1.807) is 0 Å². The highest BCUT2D eigenvalue weighted by Crippen LogP contribution is 2.15. The van der Waals surface area contributed by atoms with Crippen LogP contribution in [0.1, 0.15) is 135 Å². The molecule has 0 fully saturated rings. The maximum atomic E-state index is 5.68. The van der Waals surface area contributed by atoms with E-state index in [0.717, 1.165) is 26.2 Å². The fourth-order valence-corrected chi connectivity index (χ4v) is 4.52. The van der Waals surface area contributed by atoms with E-state index >= 15 is 0 Å². The van der Waals surface area contributed by atoms with Crippen LogP contribution < -0.4 is 5.73 Å². The second-order valence-corrected chi connectivity index (χ2v) is 9.19. The number of unbranched alkanes of at least 4 members (excludes halogenated alkanes) is 18. The molecule has 0 saturated carbocycles. The van der Waals surface area contributed by atoms with Crippen LogP contribution in [0.2, 0.25) is 0 Å². The minimum Gasteiger partial charge on any atom is -0.357 e. The second-order valence-electron chi connectivity index (χ2n) is 9.19. The van der Waals surface area contributed by atoms with E-state index in [9.17, 15) is 0 Å². The maximum Gasteiger partial charge on any atom is 0.0990 e.